The highest BCUT2D eigenvalue weighted by molar-refractivity contribution is 5.85. The predicted molar refractivity (Wildman–Crippen MR) is 97.5 cm³/mol. The highest BCUT2D eigenvalue weighted by Gasteiger charge is 2.46. The van der Waals surface area contributed by atoms with Crippen LogP contribution in [0.3, 0.4) is 0 Å². The van der Waals surface area contributed by atoms with Crippen molar-refractivity contribution in [2.24, 2.45) is 11.8 Å². The summed E-state index contributed by atoms with van der Waals surface area (Å²) in [5.74, 6) is -0.726. The Hall–Kier alpha value is -1.40. The van der Waals surface area contributed by atoms with Gasteiger partial charge in [-0.1, -0.05) is 30.7 Å². The number of pyridine rings is 1. The molecule has 0 amide bonds. The maximum atomic E-state index is 11.4. The predicted octanol–water partition coefficient (Wildman–Crippen LogP) is 3.10. The van der Waals surface area contributed by atoms with Gasteiger partial charge in [-0.25, -0.2) is 5.43 Å². The smallest absolute Gasteiger partial charge is 0.308 e. The van der Waals surface area contributed by atoms with Crippen LogP contribution in [0.15, 0.2) is 36.4 Å². The van der Waals surface area contributed by atoms with Gasteiger partial charge in [0.15, 0.2) is 0 Å². The van der Waals surface area contributed by atoms with Crippen molar-refractivity contribution in [3.8, 4) is 0 Å². The Bertz CT molecular complexity index is 728. The maximum Gasteiger partial charge on any atom is 0.308 e. The summed E-state index contributed by atoms with van der Waals surface area (Å²) in [5, 5.41) is 10.5. The van der Waals surface area contributed by atoms with Gasteiger partial charge in [0.05, 0.1) is 23.2 Å². The number of nitrogens with zero attached hydrogens (tertiary/aromatic N) is 1. The molecule has 2 aromatic rings. The molecule has 1 aromatic carbocycles. The molecule has 7 heteroatoms. The number of hydrogen-bond donors (Lipinski definition) is 3. The Kier molecular flexibility index (Phi) is 6.04. The van der Waals surface area contributed by atoms with E-state index in [0.29, 0.717) is 0 Å². The van der Waals surface area contributed by atoms with Crippen molar-refractivity contribution in [3.63, 3.8) is 0 Å². The number of aromatic nitrogens is 1. The quantitative estimate of drug-likeness (QED) is 0.758. The molecule has 0 bridgehead atoms. The molecule has 5 nitrogen and oxygen atoms in total. The van der Waals surface area contributed by atoms with Crippen LogP contribution < -0.4 is 10.9 Å². The first-order valence-electron chi connectivity index (χ1n) is 7.83. The van der Waals surface area contributed by atoms with Crippen molar-refractivity contribution in [2.75, 3.05) is 0 Å². The van der Waals surface area contributed by atoms with E-state index >= 15 is 0 Å². The number of hydrogen-bond acceptors (Lipinski definition) is 4. The summed E-state index contributed by atoms with van der Waals surface area (Å²) < 4.78 is 0. The van der Waals surface area contributed by atoms with E-state index in [2.05, 4.69) is 29.1 Å². The number of halogens is 2. The molecule has 2 fully saturated rings. The van der Waals surface area contributed by atoms with Crippen LogP contribution in [0.25, 0.3) is 10.9 Å². The Labute approximate surface area is 153 Å². The number of carboxylic acids is 1. The van der Waals surface area contributed by atoms with Gasteiger partial charge in [-0.2, -0.15) is 0 Å². The molecule has 4 atom stereocenters. The van der Waals surface area contributed by atoms with Crippen LogP contribution >= 0.6 is 24.8 Å². The van der Waals surface area contributed by atoms with Crippen LogP contribution in [0, 0.1) is 11.8 Å². The molecule has 3 N–H and O–H groups in total. The second-order valence-corrected chi connectivity index (χ2v) is 6.26. The molecule has 2 aliphatic rings. The van der Waals surface area contributed by atoms with Gasteiger partial charge in [0.1, 0.15) is 0 Å². The number of nitrogens with one attached hydrogen (secondary N) is 2. The van der Waals surface area contributed by atoms with Crippen LogP contribution in [0.5, 0.6) is 0 Å². The van der Waals surface area contributed by atoms with E-state index in [1.54, 1.807) is 0 Å². The highest BCUT2D eigenvalue weighted by atomic mass is 35.5. The van der Waals surface area contributed by atoms with E-state index in [-0.39, 0.29) is 48.7 Å². The maximum absolute atomic E-state index is 11.4. The van der Waals surface area contributed by atoms with Gasteiger partial charge in [-0.3, -0.25) is 15.2 Å². The van der Waals surface area contributed by atoms with Crippen LogP contribution in [-0.2, 0) is 4.79 Å². The average Bonchev–Trinajstić information content (AvgIpc) is 2.98. The fourth-order valence-corrected chi connectivity index (χ4v) is 3.93. The minimum atomic E-state index is -0.698. The van der Waals surface area contributed by atoms with E-state index in [1.165, 1.54) is 0 Å². The summed E-state index contributed by atoms with van der Waals surface area (Å²) in [6.45, 7) is 0. The summed E-state index contributed by atoms with van der Waals surface area (Å²) in [4.78, 5) is 16.2. The Balaban J connectivity index is 0.00000104. The van der Waals surface area contributed by atoms with Crippen molar-refractivity contribution in [1.29, 1.82) is 0 Å². The molecule has 1 aliphatic heterocycles. The first kappa shape index (κ1) is 18.9. The molecule has 0 radical (unpaired) electrons. The summed E-state index contributed by atoms with van der Waals surface area (Å²) in [6, 6.07) is 12.3. The van der Waals surface area contributed by atoms with Crippen LogP contribution in [0.2, 0.25) is 0 Å². The first-order chi connectivity index (χ1) is 10.7. The normalized spacial score (nSPS) is 28.5. The van der Waals surface area contributed by atoms with Crippen molar-refractivity contribution < 1.29 is 9.90 Å². The Morgan fingerprint density at radius 2 is 1.88 bits per heavy atom. The standard InChI is InChI=1S/C17H19N3O2.2ClH/c21-17(22)12-6-3-5-11-15(12)19-20-16(11)14-9-8-10-4-1-2-7-13(10)18-14;;/h1-2,4,7-9,11-12,15-16,19-20H,3,5-6H2,(H,21,22);2*1H. The summed E-state index contributed by atoms with van der Waals surface area (Å²) >= 11 is 0. The second kappa shape index (κ2) is 7.66. The highest BCUT2D eigenvalue weighted by Crippen LogP contribution is 2.40. The van der Waals surface area contributed by atoms with Crippen molar-refractivity contribution in [3.05, 3.63) is 42.1 Å². The number of aliphatic carboxylic acids is 1. The number of hydrazine groups is 1. The van der Waals surface area contributed by atoms with Crippen molar-refractivity contribution in [2.45, 2.75) is 31.3 Å². The molecule has 2 heterocycles. The summed E-state index contributed by atoms with van der Waals surface area (Å²) in [7, 11) is 0. The number of rotatable bonds is 2. The second-order valence-electron chi connectivity index (χ2n) is 6.26. The summed E-state index contributed by atoms with van der Waals surface area (Å²) in [5.41, 5.74) is 8.48. The third-order valence-electron chi connectivity index (χ3n) is 5.04. The minimum absolute atomic E-state index is 0. The third kappa shape index (κ3) is 3.22. The topological polar surface area (TPSA) is 74.2 Å². The number of fused-ring (bicyclic) bond motifs is 2. The first-order valence-corrected chi connectivity index (χ1v) is 7.83. The molecule has 1 aromatic heterocycles. The fraction of sp³-hybridized carbons (Fsp3) is 0.412. The number of carboxylic acid groups (broad SMARTS) is 1. The van der Waals surface area contributed by atoms with Crippen LogP contribution in [0.1, 0.15) is 31.0 Å². The van der Waals surface area contributed by atoms with E-state index in [0.717, 1.165) is 35.9 Å². The van der Waals surface area contributed by atoms with Crippen molar-refractivity contribution >= 4 is 41.7 Å². The molecular formula is C17H21Cl2N3O2. The lowest BCUT2D eigenvalue weighted by Gasteiger charge is -2.31. The SMILES string of the molecule is Cl.Cl.O=C(O)C1CCCC2C(c3ccc4ccccc4n3)NNC12. The molecule has 4 rings (SSSR count). The summed E-state index contributed by atoms with van der Waals surface area (Å²) in [6.07, 6.45) is 2.75. The zero-order valence-electron chi connectivity index (χ0n) is 13.0. The van der Waals surface area contributed by atoms with Gasteiger partial charge in [0, 0.05) is 11.4 Å². The largest absolute Gasteiger partial charge is 0.481 e. The number of benzene rings is 1. The van der Waals surface area contributed by atoms with Gasteiger partial charge < -0.3 is 5.11 Å². The van der Waals surface area contributed by atoms with Gasteiger partial charge in [-0.15, -0.1) is 24.8 Å². The molecule has 130 valence electrons. The van der Waals surface area contributed by atoms with E-state index in [4.69, 9.17) is 4.98 Å². The zero-order chi connectivity index (χ0) is 15.1. The lowest BCUT2D eigenvalue weighted by atomic mass is 9.74. The Morgan fingerprint density at radius 1 is 1.08 bits per heavy atom. The lowest BCUT2D eigenvalue weighted by Crippen LogP contribution is -2.43. The van der Waals surface area contributed by atoms with Gasteiger partial charge in [-0.05, 0) is 30.9 Å². The van der Waals surface area contributed by atoms with Gasteiger partial charge in [0.25, 0.3) is 0 Å². The van der Waals surface area contributed by atoms with E-state index < -0.39 is 5.97 Å². The van der Waals surface area contributed by atoms with Gasteiger partial charge in [0.2, 0.25) is 0 Å². The molecule has 1 saturated heterocycles. The van der Waals surface area contributed by atoms with Crippen molar-refractivity contribution in [1.82, 2.24) is 15.8 Å². The minimum Gasteiger partial charge on any atom is -0.481 e. The monoisotopic (exact) mass is 369 g/mol. The molecule has 4 unspecified atom stereocenters. The van der Waals surface area contributed by atoms with E-state index in [9.17, 15) is 9.90 Å². The number of carbonyl (C=O) groups is 1. The lowest BCUT2D eigenvalue weighted by molar-refractivity contribution is -0.144. The van der Waals surface area contributed by atoms with Crippen LogP contribution in [-0.4, -0.2) is 22.1 Å². The molecule has 1 aliphatic carbocycles. The average molecular weight is 370 g/mol. The van der Waals surface area contributed by atoms with E-state index in [1.807, 2.05) is 18.2 Å². The fourth-order valence-electron chi connectivity index (χ4n) is 3.93. The molecule has 24 heavy (non-hydrogen) atoms. The molecule has 1 saturated carbocycles. The molecular weight excluding hydrogens is 349 g/mol. The third-order valence-corrected chi connectivity index (χ3v) is 5.04. The van der Waals surface area contributed by atoms with Gasteiger partial charge >= 0.3 is 5.97 Å². The van der Waals surface area contributed by atoms with Crippen LogP contribution in [0.4, 0.5) is 0 Å². The number of para-hydroxylation sites is 1. The Morgan fingerprint density at radius 3 is 2.67 bits per heavy atom. The zero-order valence-corrected chi connectivity index (χ0v) is 14.6. The molecule has 0 spiro atoms.